The highest BCUT2D eigenvalue weighted by Crippen LogP contribution is 2.40. The summed E-state index contributed by atoms with van der Waals surface area (Å²) in [5, 5.41) is 5.38. The normalized spacial score (nSPS) is 13.2. The summed E-state index contributed by atoms with van der Waals surface area (Å²) in [6.45, 7) is 3.75. The van der Waals surface area contributed by atoms with Crippen molar-refractivity contribution in [2.24, 2.45) is 0 Å². The van der Waals surface area contributed by atoms with E-state index in [1.165, 1.54) is 16.2 Å². The summed E-state index contributed by atoms with van der Waals surface area (Å²) < 4.78 is 5.37. The van der Waals surface area contributed by atoms with Crippen molar-refractivity contribution in [3.63, 3.8) is 0 Å². The summed E-state index contributed by atoms with van der Waals surface area (Å²) in [6.07, 6.45) is 3.10. The maximum absolute atomic E-state index is 12.2. The van der Waals surface area contributed by atoms with E-state index >= 15 is 0 Å². The Bertz CT molecular complexity index is 523. The van der Waals surface area contributed by atoms with Gasteiger partial charge in [0.05, 0.1) is 13.7 Å². The van der Waals surface area contributed by atoms with Crippen LogP contribution in [0.1, 0.15) is 40.4 Å². The Morgan fingerprint density at radius 2 is 2.10 bits per heavy atom. The molecule has 1 aromatic heterocycles. The molecule has 20 heavy (non-hydrogen) atoms. The van der Waals surface area contributed by atoms with Crippen LogP contribution < -0.4 is 15.4 Å². The van der Waals surface area contributed by atoms with Crippen molar-refractivity contribution in [2.45, 2.75) is 39.2 Å². The standard InChI is InChI=1S/C14H20N2O3S/c1-8(2)16-11(17)7-15-14(18)13-12(19-3)9-5-4-6-10(9)20-13/h8H,4-7H2,1-3H3,(H,15,18)(H,16,17). The quantitative estimate of drug-likeness (QED) is 0.865. The highest BCUT2D eigenvalue weighted by atomic mass is 32.1. The highest BCUT2D eigenvalue weighted by Gasteiger charge is 2.26. The van der Waals surface area contributed by atoms with Gasteiger partial charge in [-0.15, -0.1) is 11.3 Å². The van der Waals surface area contributed by atoms with Gasteiger partial charge in [0.2, 0.25) is 5.91 Å². The van der Waals surface area contributed by atoms with Crippen LogP contribution in [0.4, 0.5) is 0 Å². The van der Waals surface area contributed by atoms with Gasteiger partial charge in [-0.1, -0.05) is 0 Å². The largest absolute Gasteiger partial charge is 0.495 e. The third kappa shape index (κ3) is 3.12. The average Bonchev–Trinajstić information content (AvgIpc) is 2.94. The number of carbonyl (C=O) groups excluding carboxylic acids is 2. The van der Waals surface area contributed by atoms with Crippen molar-refractivity contribution >= 4 is 23.2 Å². The van der Waals surface area contributed by atoms with Gasteiger partial charge in [-0.25, -0.2) is 0 Å². The fourth-order valence-electron chi connectivity index (χ4n) is 2.35. The second kappa shape index (κ2) is 6.26. The molecule has 0 atom stereocenters. The van der Waals surface area contributed by atoms with E-state index in [9.17, 15) is 9.59 Å². The molecule has 2 rings (SSSR count). The van der Waals surface area contributed by atoms with Crippen LogP contribution in [0.2, 0.25) is 0 Å². The molecule has 1 aliphatic rings. The van der Waals surface area contributed by atoms with Crippen LogP contribution in [-0.2, 0) is 17.6 Å². The number of ether oxygens (including phenoxy) is 1. The van der Waals surface area contributed by atoms with Crippen LogP contribution >= 0.6 is 11.3 Å². The zero-order valence-corrected chi connectivity index (χ0v) is 12.9. The Balaban J connectivity index is 2.01. The molecule has 2 amide bonds. The molecule has 0 bridgehead atoms. The number of hydrogen-bond donors (Lipinski definition) is 2. The number of rotatable bonds is 5. The third-order valence-electron chi connectivity index (χ3n) is 3.14. The molecule has 0 aliphatic heterocycles. The Kier molecular flexibility index (Phi) is 4.65. The second-order valence-corrected chi connectivity index (χ2v) is 6.23. The molecule has 6 heteroatoms. The van der Waals surface area contributed by atoms with Crippen molar-refractivity contribution in [2.75, 3.05) is 13.7 Å². The summed E-state index contributed by atoms with van der Waals surface area (Å²) in [6, 6.07) is 0.0690. The number of hydrogen-bond acceptors (Lipinski definition) is 4. The molecule has 0 unspecified atom stereocenters. The van der Waals surface area contributed by atoms with Crippen LogP contribution in [0, 0.1) is 0 Å². The molecule has 2 N–H and O–H groups in total. The van der Waals surface area contributed by atoms with Crippen LogP contribution in [0.25, 0.3) is 0 Å². The average molecular weight is 296 g/mol. The molecule has 110 valence electrons. The number of methoxy groups -OCH3 is 1. The van der Waals surface area contributed by atoms with Crippen molar-refractivity contribution in [3.8, 4) is 5.75 Å². The molecule has 0 spiro atoms. The molecular weight excluding hydrogens is 276 g/mol. The third-order valence-corrected chi connectivity index (χ3v) is 4.41. The van der Waals surface area contributed by atoms with Crippen molar-refractivity contribution in [1.29, 1.82) is 0 Å². The lowest BCUT2D eigenvalue weighted by Crippen LogP contribution is -2.39. The number of thiophene rings is 1. The maximum Gasteiger partial charge on any atom is 0.265 e. The van der Waals surface area contributed by atoms with E-state index in [4.69, 9.17) is 4.74 Å². The summed E-state index contributed by atoms with van der Waals surface area (Å²) in [4.78, 5) is 25.5. The van der Waals surface area contributed by atoms with Gasteiger partial charge in [0, 0.05) is 16.5 Å². The van der Waals surface area contributed by atoms with E-state index in [0.717, 1.165) is 24.8 Å². The minimum absolute atomic E-state index is 0.0112. The molecule has 1 heterocycles. The number of nitrogens with one attached hydrogen (secondary N) is 2. The topological polar surface area (TPSA) is 67.4 Å². The van der Waals surface area contributed by atoms with Crippen molar-refractivity contribution in [3.05, 3.63) is 15.3 Å². The molecular formula is C14H20N2O3S. The number of fused-ring (bicyclic) bond motifs is 1. The molecule has 0 fully saturated rings. The first kappa shape index (κ1) is 14.8. The van der Waals surface area contributed by atoms with Gasteiger partial charge < -0.3 is 15.4 Å². The van der Waals surface area contributed by atoms with Crippen LogP contribution in [0.15, 0.2) is 0 Å². The summed E-state index contributed by atoms with van der Waals surface area (Å²) in [7, 11) is 1.59. The van der Waals surface area contributed by atoms with Gasteiger partial charge >= 0.3 is 0 Å². The predicted octanol–water partition coefficient (Wildman–Crippen LogP) is 1.50. The Labute approximate surface area is 122 Å². The van der Waals surface area contributed by atoms with Gasteiger partial charge in [0.1, 0.15) is 10.6 Å². The minimum Gasteiger partial charge on any atom is -0.495 e. The van der Waals surface area contributed by atoms with E-state index in [1.54, 1.807) is 7.11 Å². The number of aryl methyl sites for hydroxylation is 1. The monoisotopic (exact) mass is 296 g/mol. The zero-order valence-electron chi connectivity index (χ0n) is 12.0. The lowest BCUT2D eigenvalue weighted by atomic mass is 10.2. The second-order valence-electron chi connectivity index (χ2n) is 5.12. The van der Waals surface area contributed by atoms with E-state index in [2.05, 4.69) is 10.6 Å². The lowest BCUT2D eigenvalue weighted by molar-refractivity contribution is -0.120. The van der Waals surface area contributed by atoms with Crippen LogP contribution in [0.5, 0.6) is 5.75 Å². The van der Waals surface area contributed by atoms with Gasteiger partial charge in [-0.3, -0.25) is 9.59 Å². The fourth-order valence-corrected chi connectivity index (χ4v) is 3.63. The van der Waals surface area contributed by atoms with Crippen molar-refractivity contribution < 1.29 is 14.3 Å². The molecule has 0 saturated heterocycles. The first-order chi connectivity index (χ1) is 9.52. The van der Waals surface area contributed by atoms with Gasteiger partial charge in [0.25, 0.3) is 5.91 Å². The molecule has 0 aromatic carbocycles. The van der Waals surface area contributed by atoms with Gasteiger partial charge in [-0.05, 0) is 33.1 Å². The minimum atomic E-state index is -0.236. The first-order valence-corrected chi connectivity index (χ1v) is 7.60. The predicted molar refractivity (Wildman–Crippen MR) is 78.5 cm³/mol. The van der Waals surface area contributed by atoms with E-state index < -0.39 is 0 Å². The van der Waals surface area contributed by atoms with Crippen LogP contribution in [-0.4, -0.2) is 31.5 Å². The number of carbonyl (C=O) groups is 2. The Hall–Kier alpha value is -1.56. The highest BCUT2D eigenvalue weighted by molar-refractivity contribution is 7.14. The molecule has 1 aliphatic carbocycles. The van der Waals surface area contributed by atoms with Gasteiger partial charge in [-0.2, -0.15) is 0 Å². The SMILES string of the molecule is COc1c(C(=O)NCC(=O)NC(C)C)sc2c1CCC2. The maximum atomic E-state index is 12.2. The smallest absolute Gasteiger partial charge is 0.265 e. The molecule has 5 nitrogen and oxygen atoms in total. The van der Waals surface area contributed by atoms with E-state index in [-0.39, 0.29) is 24.4 Å². The van der Waals surface area contributed by atoms with E-state index in [1.807, 2.05) is 13.8 Å². The van der Waals surface area contributed by atoms with E-state index in [0.29, 0.717) is 10.6 Å². The Morgan fingerprint density at radius 3 is 2.75 bits per heavy atom. The lowest BCUT2D eigenvalue weighted by Gasteiger charge is -2.09. The van der Waals surface area contributed by atoms with Crippen LogP contribution in [0.3, 0.4) is 0 Å². The summed E-state index contributed by atoms with van der Waals surface area (Å²) in [5.41, 5.74) is 1.16. The summed E-state index contributed by atoms with van der Waals surface area (Å²) >= 11 is 1.48. The van der Waals surface area contributed by atoms with Gasteiger partial charge in [0.15, 0.2) is 0 Å². The summed E-state index contributed by atoms with van der Waals surface area (Å²) in [5.74, 6) is 0.265. The molecule has 1 aromatic rings. The van der Waals surface area contributed by atoms with Crippen molar-refractivity contribution in [1.82, 2.24) is 10.6 Å². The Morgan fingerprint density at radius 1 is 1.35 bits per heavy atom. The number of amides is 2. The fraction of sp³-hybridized carbons (Fsp3) is 0.571. The molecule has 0 saturated carbocycles. The first-order valence-electron chi connectivity index (χ1n) is 6.79. The zero-order chi connectivity index (χ0) is 14.7. The molecule has 0 radical (unpaired) electrons.